The predicted octanol–water partition coefficient (Wildman–Crippen LogP) is 2.89. The van der Waals surface area contributed by atoms with E-state index in [-0.39, 0.29) is 5.41 Å². The molecule has 17 heavy (non-hydrogen) atoms. The lowest BCUT2D eigenvalue weighted by Gasteiger charge is -2.19. The Bertz CT molecular complexity index is 569. The van der Waals surface area contributed by atoms with Gasteiger partial charge in [0.15, 0.2) is 5.82 Å². The Morgan fingerprint density at radius 3 is 2.65 bits per heavy atom. The fraction of sp³-hybridized carbons (Fsp3) is 0.333. The van der Waals surface area contributed by atoms with Crippen molar-refractivity contribution in [2.45, 2.75) is 26.2 Å². The minimum absolute atomic E-state index is 0.00171. The molecule has 2 heterocycles. The lowest BCUT2D eigenvalue weighted by molar-refractivity contribution is 0.567. The summed E-state index contributed by atoms with van der Waals surface area (Å²) < 4.78 is 0.572. The second kappa shape index (κ2) is 4.33. The van der Waals surface area contributed by atoms with Crippen LogP contribution in [0.25, 0.3) is 11.5 Å². The van der Waals surface area contributed by atoms with Gasteiger partial charge in [0.2, 0.25) is 0 Å². The average molecular weight is 246 g/mol. The van der Waals surface area contributed by atoms with Crippen molar-refractivity contribution in [3.8, 4) is 11.5 Å². The molecule has 5 heteroatoms. The lowest BCUT2D eigenvalue weighted by atomic mass is 9.92. The summed E-state index contributed by atoms with van der Waals surface area (Å²) >= 11 is 5.18. The fourth-order valence-electron chi connectivity index (χ4n) is 1.41. The van der Waals surface area contributed by atoms with E-state index in [9.17, 15) is 0 Å². The molecule has 0 aliphatic carbocycles. The highest BCUT2D eigenvalue weighted by Crippen LogP contribution is 2.22. The van der Waals surface area contributed by atoms with Crippen LogP contribution in [0.15, 0.2) is 24.7 Å². The van der Waals surface area contributed by atoms with Crippen LogP contribution in [0.3, 0.4) is 0 Å². The second-order valence-electron chi connectivity index (χ2n) is 4.83. The molecule has 0 radical (unpaired) electrons. The van der Waals surface area contributed by atoms with Crippen LogP contribution < -0.4 is 0 Å². The Morgan fingerprint density at radius 2 is 2.06 bits per heavy atom. The van der Waals surface area contributed by atoms with E-state index < -0.39 is 0 Å². The van der Waals surface area contributed by atoms with Gasteiger partial charge < -0.3 is 4.98 Å². The average Bonchev–Trinajstić information content (AvgIpc) is 2.28. The first-order chi connectivity index (χ1) is 7.97. The van der Waals surface area contributed by atoms with E-state index in [0.717, 1.165) is 11.4 Å². The van der Waals surface area contributed by atoms with Crippen LogP contribution >= 0.6 is 12.2 Å². The van der Waals surface area contributed by atoms with Gasteiger partial charge in [-0.2, -0.15) is 0 Å². The Labute approximate surface area is 105 Å². The molecule has 0 spiro atoms. The van der Waals surface area contributed by atoms with Crippen molar-refractivity contribution in [1.29, 1.82) is 0 Å². The molecule has 2 rings (SSSR count). The van der Waals surface area contributed by atoms with Crippen molar-refractivity contribution >= 4 is 12.2 Å². The first kappa shape index (κ1) is 11.9. The van der Waals surface area contributed by atoms with E-state index in [1.54, 1.807) is 12.3 Å². The molecule has 0 aromatic carbocycles. The van der Waals surface area contributed by atoms with Gasteiger partial charge >= 0.3 is 0 Å². The smallest absolute Gasteiger partial charge is 0.157 e. The molecular formula is C12H14N4S. The topological polar surface area (TPSA) is 54.5 Å². The van der Waals surface area contributed by atoms with Crippen molar-refractivity contribution < 1.29 is 0 Å². The van der Waals surface area contributed by atoms with Crippen LogP contribution in [0, 0.1) is 4.64 Å². The number of hydrogen-bond donors (Lipinski definition) is 1. The zero-order chi connectivity index (χ0) is 12.5. The van der Waals surface area contributed by atoms with Gasteiger partial charge in [0.05, 0.1) is 0 Å². The van der Waals surface area contributed by atoms with Gasteiger partial charge in [-0.05, 0) is 12.1 Å². The van der Waals surface area contributed by atoms with Gasteiger partial charge in [-0.25, -0.2) is 15.0 Å². The molecule has 0 aliphatic heterocycles. The number of nitrogens with one attached hydrogen (secondary N) is 1. The SMILES string of the molecule is CC(C)(C)c1cc(=S)nc(-c2ccncn2)[nH]1. The highest BCUT2D eigenvalue weighted by Gasteiger charge is 2.16. The second-order valence-corrected chi connectivity index (χ2v) is 5.24. The van der Waals surface area contributed by atoms with E-state index in [2.05, 4.69) is 40.7 Å². The maximum atomic E-state index is 5.18. The summed E-state index contributed by atoms with van der Waals surface area (Å²) in [5, 5.41) is 0. The lowest BCUT2D eigenvalue weighted by Crippen LogP contribution is -2.14. The van der Waals surface area contributed by atoms with Crippen LogP contribution in [0.5, 0.6) is 0 Å². The maximum absolute atomic E-state index is 5.18. The van der Waals surface area contributed by atoms with Crippen LogP contribution in [0.1, 0.15) is 26.5 Å². The first-order valence-corrected chi connectivity index (χ1v) is 5.76. The molecule has 88 valence electrons. The minimum Gasteiger partial charge on any atom is -0.341 e. The van der Waals surface area contributed by atoms with Gasteiger partial charge in [0.25, 0.3) is 0 Å². The molecule has 0 saturated heterocycles. The van der Waals surface area contributed by atoms with E-state index in [1.165, 1.54) is 6.33 Å². The molecule has 0 unspecified atom stereocenters. The van der Waals surface area contributed by atoms with Crippen molar-refractivity contribution in [3.63, 3.8) is 0 Å². The van der Waals surface area contributed by atoms with Gasteiger partial charge in [-0.1, -0.05) is 33.0 Å². The van der Waals surface area contributed by atoms with E-state index in [0.29, 0.717) is 10.5 Å². The summed E-state index contributed by atoms with van der Waals surface area (Å²) in [4.78, 5) is 15.6. The standard InChI is InChI=1S/C12H14N4S/c1-12(2,3)9-6-10(17)16-11(15-9)8-4-5-13-7-14-8/h4-7H,1-3H3,(H,15,16,17). The third-order valence-corrected chi connectivity index (χ3v) is 2.58. The molecule has 0 amide bonds. The number of H-pyrrole nitrogens is 1. The van der Waals surface area contributed by atoms with E-state index in [4.69, 9.17) is 12.2 Å². The van der Waals surface area contributed by atoms with E-state index >= 15 is 0 Å². The Hall–Kier alpha value is -1.62. The molecule has 0 aliphatic rings. The first-order valence-electron chi connectivity index (χ1n) is 5.35. The van der Waals surface area contributed by atoms with Crippen LogP contribution in [-0.2, 0) is 5.41 Å². The summed E-state index contributed by atoms with van der Waals surface area (Å²) in [6, 6.07) is 3.69. The maximum Gasteiger partial charge on any atom is 0.157 e. The molecule has 0 atom stereocenters. The summed E-state index contributed by atoms with van der Waals surface area (Å²) in [5.41, 5.74) is 1.79. The van der Waals surface area contributed by atoms with Crippen molar-refractivity contribution in [3.05, 3.63) is 35.0 Å². The molecule has 4 nitrogen and oxygen atoms in total. The number of rotatable bonds is 1. The molecule has 0 fully saturated rings. The molecule has 2 aromatic heterocycles. The Balaban J connectivity index is 2.58. The summed E-state index contributed by atoms with van der Waals surface area (Å²) in [6.07, 6.45) is 3.18. The Kier molecular flexibility index (Phi) is 3.02. The molecule has 0 saturated carbocycles. The van der Waals surface area contributed by atoms with Gasteiger partial charge in [0, 0.05) is 17.3 Å². The summed E-state index contributed by atoms with van der Waals surface area (Å²) in [7, 11) is 0. The van der Waals surface area contributed by atoms with Gasteiger partial charge in [-0.15, -0.1) is 0 Å². The quantitative estimate of drug-likeness (QED) is 0.786. The zero-order valence-corrected chi connectivity index (χ0v) is 10.9. The zero-order valence-electron chi connectivity index (χ0n) is 10.1. The molecule has 0 bridgehead atoms. The van der Waals surface area contributed by atoms with Crippen molar-refractivity contribution in [2.24, 2.45) is 0 Å². The normalized spacial score (nSPS) is 11.5. The fourth-order valence-corrected chi connectivity index (χ4v) is 1.62. The highest BCUT2D eigenvalue weighted by molar-refractivity contribution is 7.71. The van der Waals surface area contributed by atoms with Crippen molar-refractivity contribution in [1.82, 2.24) is 19.9 Å². The third-order valence-electron chi connectivity index (χ3n) is 2.38. The van der Waals surface area contributed by atoms with Crippen LogP contribution in [0.4, 0.5) is 0 Å². The van der Waals surface area contributed by atoms with Crippen molar-refractivity contribution in [2.75, 3.05) is 0 Å². The monoisotopic (exact) mass is 246 g/mol. The largest absolute Gasteiger partial charge is 0.341 e. The number of hydrogen-bond acceptors (Lipinski definition) is 4. The highest BCUT2D eigenvalue weighted by atomic mass is 32.1. The van der Waals surface area contributed by atoms with Gasteiger partial charge in [-0.3, -0.25) is 0 Å². The minimum atomic E-state index is -0.00171. The summed E-state index contributed by atoms with van der Waals surface area (Å²) in [5.74, 6) is 0.685. The third kappa shape index (κ3) is 2.74. The van der Waals surface area contributed by atoms with Crippen LogP contribution in [0.2, 0.25) is 0 Å². The number of aromatic nitrogens is 4. The molecular weight excluding hydrogens is 232 g/mol. The molecule has 2 aromatic rings. The summed E-state index contributed by atoms with van der Waals surface area (Å²) in [6.45, 7) is 6.37. The number of aromatic amines is 1. The van der Waals surface area contributed by atoms with Gasteiger partial charge in [0.1, 0.15) is 16.7 Å². The molecule has 1 N–H and O–H groups in total. The predicted molar refractivity (Wildman–Crippen MR) is 69.1 cm³/mol. The Morgan fingerprint density at radius 1 is 1.29 bits per heavy atom. The number of nitrogens with zero attached hydrogens (tertiary/aromatic N) is 3. The van der Waals surface area contributed by atoms with Crippen LogP contribution in [-0.4, -0.2) is 19.9 Å². The van der Waals surface area contributed by atoms with E-state index in [1.807, 2.05) is 6.07 Å².